The summed E-state index contributed by atoms with van der Waals surface area (Å²) < 4.78 is 11.0. The SMILES string of the molecule is Cc1cc(S(=O)Cl)cc(C(=O)O)c1C. The van der Waals surface area contributed by atoms with Gasteiger partial charge in [0.1, 0.15) is 10.0 Å². The van der Waals surface area contributed by atoms with Crippen molar-refractivity contribution in [1.29, 1.82) is 0 Å². The molecule has 1 rings (SSSR count). The van der Waals surface area contributed by atoms with Gasteiger partial charge in [-0.3, -0.25) is 0 Å². The second-order valence-corrected chi connectivity index (χ2v) is 4.70. The zero-order chi connectivity index (χ0) is 10.9. The molecule has 0 aliphatic heterocycles. The van der Waals surface area contributed by atoms with E-state index in [1.807, 2.05) is 0 Å². The maximum absolute atomic E-state index is 11.0. The highest BCUT2D eigenvalue weighted by molar-refractivity contribution is 8.08. The van der Waals surface area contributed by atoms with Gasteiger partial charge in [0.05, 0.1) is 10.5 Å². The Labute approximate surface area is 88.7 Å². The molecule has 0 aromatic heterocycles. The van der Waals surface area contributed by atoms with Gasteiger partial charge in [-0.05, 0) is 47.8 Å². The van der Waals surface area contributed by atoms with Crippen LogP contribution < -0.4 is 0 Å². The number of rotatable bonds is 2. The van der Waals surface area contributed by atoms with Crippen LogP contribution in [0.3, 0.4) is 0 Å². The molecule has 1 aromatic carbocycles. The van der Waals surface area contributed by atoms with Gasteiger partial charge in [-0.1, -0.05) is 0 Å². The molecule has 1 N–H and O–H groups in total. The van der Waals surface area contributed by atoms with E-state index in [0.717, 1.165) is 5.56 Å². The molecule has 0 saturated heterocycles. The first kappa shape index (κ1) is 11.2. The van der Waals surface area contributed by atoms with E-state index >= 15 is 0 Å². The summed E-state index contributed by atoms with van der Waals surface area (Å²) in [6.45, 7) is 3.47. The number of hydrogen-bond donors (Lipinski definition) is 1. The van der Waals surface area contributed by atoms with E-state index in [9.17, 15) is 9.00 Å². The number of halogens is 1. The molecular weight excluding hydrogens is 224 g/mol. The summed E-state index contributed by atoms with van der Waals surface area (Å²) in [7, 11) is 3.72. The Morgan fingerprint density at radius 3 is 2.43 bits per heavy atom. The average Bonchev–Trinajstić information content (AvgIpc) is 2.08. The number of aryl methyl sites for hydroxylation is 1. The van der Waals surface area contributed by atoms with Crippen LogP contribution in [0.2, 0.25) is 0 Å². The molecule has 0 radical (unpaired) electrons. The second kappa shape index (κ2) is 4.11. The number of carboxylic acids is 1. The molecule has 0 aliphatic rings. The lowest BCUT2D eigenvalue weighted by molar-refractivity contribution is 0.0695. The van der Waals surface area contributed by atoms with Gasteiger partial charge in [-0.2, -0.15) is 0 Å². The van der Waals surface area contributed by atoms with E-state index in [4.69, 9.17) is 15.8 Å². The Balaban J connectivity index is 3.43. The normalized spacial score (nSPS) is 12.5. The average molecular weight is 233 g/mol. The van der Waals surface area contributed by atoms with Gasteiger partial charge < -0.3 is 5.11 Å². The van der Waals surface area contributed by atoms with Gasteiger partial charge in [0.2, 0.25) is 0 Å². The molecule has 1 unspecified atom stereocenters. The summed E-state index contributed by atoms with van der Waals surface area (Å²) in [5, 5.41) is 8.85. The highest BCUT2D eigenvalue weighted by atomic mass is 35.7. The topological polar surface area (TPSA) is 54.4 Å². The van der Waals surface area contributed by atoms with E-state index < -0.39 is 16.0 Å². The third-order valence-corrected chi connectivity index (χ3v) is 3.20. The predicted octanol–water partition coefficient (Wildman–Crippen LogP) is 2.26. The second-order valence-electron chi connectivity index (χ2n) is 2.94. The van der Waals surface area contributed by atoms with E-state index in [1.165, 1.54) is 6.07 Å². The molecule has 0 aliphatic carbocycles. The number of carboxylic acid groups (broad SMARTS) is 1. The van der Waals surface area contributed by atoms with Crippen molar-refractivity contribution in [2.75, 3.05) is 0 Å². The zero-order valence-corrected chi connectivity index (χ0v) is 9.28. The third kappa shape index (κ3) is 2.13. The first-order valence-corrected chi connectivity index (χ1v) is 5.83. The lowest BCUT2D eigenvalue weighted by Crippen LogP contribution is -2.02. The van der Waals surface area contributed by atoms with Gasteiger partial charge in [-0.25, -0.2) is 9.00 Å². The largest absolute Gasteiger partial charge is 0.478 e. The van der Waals surface area contributed by atoms with Gasteiger partial charge in [0, 0.05) is 0 Å². The minimum atomic E-state index is -1.67. The maximum Gasteiger partial charge on any atom is 0.336 e. The van der Waals surface area contributed by atoms with Gasteiger partial charge in [0.15, 0.2) is 0 Å². The monoisotopic (exact) mass is 232 g/mol. The molecule has 5 heteroatoms. The Kier molecular flexibility index (Phi) is 3.29. The summed E-state index contributed by atoms with van der Waals surface area (Å²) in [6, 6.07) is 2.97. The Morgan fingerprint density at radius 1 is 1.43 bits per heavy atom. The van der Waals surface area contributed by atoms with Crippen molar-refractivity contribution in [2.45, 2.75) is 18.7 Å². The third-order valence-electron chi connectivity index (χ3n) is 2.06. The minimum Gasteiger partial charge on any atom is -0.478 e. The predicted molar refractivity (Wildman–Crippen MR) is 55.1 cm³/mol. The fraction of sp³-hybridized carbons (Fsp3) is 0.222. The van der Waals surface area contributed by atoms with Crippen LogP contribution in [0.5, 0.6) is 0 Å². The lowest BCUT2D eigenvalue weighted by Gasteiger charge is -2.06. The maximum atomic E-state index is 11.0. The fourth-order valence-electron chi connectivity index (χ4n) is 1.14. The molecule has 0 fully saturated rings. The van der Waals surface area contributed by atoms with Crippen molar-refractivity contribution in [3.8, 4) is 0 Å². The number of aromatic carboxylic acids is 1. The molecule has 1 aromatic rings. The van der Waals surface area contributed by atoms with Crippen LogP contribution in [-0.4, -0.2) is 15.3 Å². The summed E-state index contributed by atoms with van der Waals surface area (Å²) in [4.78, 5) is 11.1. The van der Waals surface area contributed by atoms with Crippen LogP contribution in [0, 0.1) is 13.8 Å². The molecule has 0 heterocycles. The Hall–Kier alpha value is -0.870. The van der Waals surface area contributed by atoms with Crippen molar-refractivity contribution < 1.29 is 14.1 Å². The number of hydrogen-bond acceptors (Lipinski definition) is 2. The molecule has 14 heavy (non-hydrogen) atoms. The van der Waals surface area contributed by atoms with Crippen molar-refractivity contribution in [3.63, 3.8) is 0 Å². The fourth-order valence-corrected chi connectivity index (χ4v) is 1.89. The molecule has 0 saturated carbocycles. The van der Waals surface area contributed by atoms with Crippen molar-refractivity contribution in [3.05, 3.63) is 28.8 Å². The van der Waals surface area contributed by atoms with E-state index in [2.05, 4.69) is 0 Å². The van der Waals surface area contributed by atoms with Crippen LogP contribution in [0.15, 0.2) is 17.0 Å². The number of carbonyl (C=O) groups is 1. The van der Waals surface area contributed by atoms with Crippen molar-refractivity contribution >= 4 is 26.7 Å². The summed E-state index contributed by atoms with van der Waals surface area (Å²) in [5.41, 5.74) is 1.59. The highest BCUT2D eigenvalue weighted by Gasteiger charge is 2.12. The quantitative estimate of drug-likeness (QED) is 0.796. The standard InChI is InChI=1S/C9H9ClO3S/c1-5-3-7(14(10)13)4-8(6(5)2)9(11)12/h3-4H,1-2H3,(H,11,12). The molecule has 0 spiro atoms. The zero-order valence-electron chi connectivity index (χ0n) is 7.70. The summed E-state index contributed by atoms with van der Waals surface area (Å²) in [5.74, 6) is -1.03. The van der Waals surface area contributed by atoms with Gasteiger partial charge in [0.25, 0.3) is 0 Å². The summed E-state index contributed by atoms with van der Waals surface area (Å²) >= 11 is 0. The van der Waals surface area contributed by atoms with Crippen molar-refractivity contribution in [1.82, 2.24) is 0 Å². The minimum absolute atomic E-state index is 0.147. The van der Waals surface area contributed by atoms with E-state index in [-0.39, 0.29) is 5.56 Å². The first-order valence-electron chi connectivity index (χ1n) is 3.86. The van der Waals surface area contributed by atoms with Crippen molar-refractivity contribution in [2.24, 2.45) is 0 Å². The van der Waals surface area contributed by atoms with Crippen LogP contribution in [0.25, 0.3) is 0 Å². The molecule has 76 valence electrons. The van der Waals surface area contributed by atoms with Crippen LogP contribution >= 0.6 is 10.7 Å². The Bertz CT molecular complexity index is 415. The first-order chi connectivity index (χ1) is 6.43. The van der Waals surface area contributed by atoms with E-state index in [1.54, 1.807) is 19.9 Å². The van der Waals surface area contributed by atoms with Crippen LogP contribution in [0.1, 0.15) is 21.5 Å². The van der Waals surface area contributed by atoms with Gasteiger partial charge >= 0.3 is 5.97 Å². The summed E-state index contributed by atoms with van der Waals surface area (Å²) in [6.07, 6.45) is 0. The van der Waals surface area contributed by atoms with Crippen LogP contribution in [-0.2, 0) is 10.0 Å². The van der Waals surface area contributed by atoms with E-state index in [0.29, 0.717) is 10.5 Å². The molecule has 1 atom stereocenters. The molecular formula is C9H9ClO3S. The highest BCUT2D eigenvalue weighted by Crippen LogP contribution is 2.20. The van der Waals surface area contributed by atoms with Crippen LogP contribution in [0.4, 0.5) is 0 Å². The molecule has 0 amide bonds. The van der Waals surface area contributed by atoms with Gasteiger partial charge in [-0.15, -0.1) is 0 Å². The smallest absolute Gasteiger partial charge is 0.336 e. The Morgan fingerprint density at radius 2 is 2.00 bits per heavy atom. The number of benzene rings is 1. The molecule has 0 bridgehead atoms. The molecule has 3 nitrogen and oxygen atoms in total. The lowest BCUT2D eigenvalue weighted by atomic mass is 10.0.